The molecule has 2 nitrogen and oxygen atoms in total. The summed E-state index contributed by atoms with van der Waals surface area (Å²) < 4.78 is 78.0. The van der Waals surface area contributed by atoms with Gasteiger partial charge in [0.25, 0.3) is 5.91 Å². The standard InChI is InChI=1S/C27H41F6NO/c1-2-3-4-5-6-7-8-9-10-11-12-13-14-15-16-17-20-34-25(35)23-21-22(26(28,29)30)18-19-24(23)27(31,32)33/h18-19,21H,2-17,20H2,1H3,(H,34,35). The third-order valence-electron chi connectivity index (χ3n) is 6.21. The lowest BCUT2D eigenvalue weighted by Gasteiger charge is -2.15. The molecule has 0 radical (unpaired) electrons. The fraction of sp³-hybridized carbons (Fsp3) is 0.741. The van der Waals surface area contributed by atoms with Gasteiger partial charge in [-0.3, -0.25) is 4.79 Å². The summed E-state index contributed by atoms with van der Waals surface area (Å²) in [5, 5.41) is 2.33. The Kier molecular flexibility index (Phi) is 15.1. The Morgan fingerprint density at radius 3 is 1.49 bits per heavy atom. The molecule has 0 unspecified atom stereocenters. The monoisotopic (exact) mass is 509 g/mol. The van der Waals surface area contributed by atoms with Crippen LogP contribution in [0.3, 0.4) is 0 Å². The maximum Gasteiger partial charge on any atom is 0.417 e. The normalized spacial score (nSPS) is 12.2. The molecule has 0 spiro atoms. The molecule has 0 bridgehead atoms. The Bertz CT molecular complexity index is 715. The predicted octanol–water partition coefficient (Wildman–Crippen LogP) is 9.72. The van der Waals surface area contributed by atoms with E-state index in [2.05, 4.69) is 12.2 Å². The van der Waals surface area contributed by atoms with E-state index < -0.39 is 35.0 Å². The largest absolute Gasteiger partial charge is 0.417 e. The summed E-state index contributed by atoms with van der Waals surface area (Å²) in [7, 11) is 0. The molecule has 0 atom stereocenters. The van der Waals surface area contributed by atoms with Crippen molar-refractivity contribution in [2.75, 3.05) is 6.54 Å². The van der Waals surface area contributed by atoms with Crippen molar-refractivity contribution in [3.05, 3.63) is 34.9 Å². The van der Waals surface area contributed by atoms with Crippen LogP contribution in [0.1, 0.15) is 131 Å². The van der Waals surface area contributed by atoms with Gasteiger partial charge < -0.3 is 5.32 Å². The van der Waals surface area contributed by atoms with Gasteiger partial charge in [-0.05, 0) is 24.6 Å². The third-order valence-corrected chi connectivity index (χ3v) is 6.21. The highest BCUT2D eigenvalue weighted by molar-refractivity contribution is 5.96. The highest BCUT2D eigenvalue weighted by atomic mass is 19.4. The molecule has 1 rings (SSSR count). The van der Waals surface area contributed by atoms with Crippen molar-refractivity contribution >= 4 is 5.91 Å². The van der Waals surface area contributed by atoms with E-state index in [1.54, 1.807) is 0 Å². The van der Waals surface area contributed by atoms with Gasteiger partial charge in [-0.2, -0.15) is 26.3 Å². The van der Waals surface area contributed by atoms with Gasteiger partial charge >= 0.3 is 12.4 Å². The summed E-state index contributed by atoms with van der Waals surface area (Å²) in [5.74, 6) is -1.13. The number of unbranched alkanes of at least 4 members (excludes halogenated alkanes) is 15. The highest BCUT2D eigenvalue weighted by Crippen LogP contribution is 2.36. The molecule has 202 valence electrons. The second-order valence-corrected chi connectivity index (χ2v) is 9.32. The van der Waals surface area contributed by atoms with Crippen LogP contribution in [0.2, 0.25) is 0 Å². The summed E-state index contributed by atoms with van der Waals surface area (Å²) in [5.41, 5.74) is -3.64. The van der Waals surface area contributed by atoms with E-state index in [0.717, 1.165) is 25.7 Å². The zero-order valence-corrected chi connectivity index (χ0v) is 20.9. The Morgan fingerprint density at radius 2 is 1.09 bits per heavy atom. The maximum atomic E-state index is 13.1. The molecule has 1 aromatic rings. The van der Waals surface area contributed by atoms with Crippen LogP contribution in [-0.4, -0.2) is 12.5 Å². The van der Waals surface area contributed by atoms with E-state index in [0.29, 0.717) is 18.6 Å². The van der Waals surface area contributed by atoms with Crippen molar-refractivity contribution in [3.63, 3.8) is 0 Å². The van der Waals surface area contributed by atoms with Crippen molar-refractivity contribution in [2.45, 2.75) is 122 Å². The SMILES string of the molecule is CCCCCCCCCCCCCCCCCCNC(=O)c1cc(C(F)(F)F)ccc1C(F)(F)F. The van der Waals surface area contributed by atoms with Crippen molar-refractivity contribution in [1.29, 1.82) is 0 Å². The van der Waals surface area contributed by atoms with E-state index in [9.17, 15) is 31.1 Å². The molecule has 0 saturated heterocycles. The predicted molar refractivity (Wildman–Crippen MR) is 128 cm³/mol. The van der Waals surface area contributed by atoms with Gasteiger partial charge in [0.15, 0.2) is 0 Å². The van der Waals surface area contributed by atoms with E-state index in [1.807, 2.05) is 0 Å². The number of carbonyl (C=O) groups is 1. The minimum Gasteiger partial charge on any atom is -0.352 e. The van der Waals surface area contributed by atoms with E-state index in [1.165, 1.54) is 70.6 Å². The molecule has 0 aliphatic carbocycles. The lowest BCUT2D eigenvalue weighted by molar-refractivity contribution is -0.141. The number of rotatable bonds is 18. The number of benzene rings is 1. The first-order chi connectivity index (χ1) is 16.6. The summed E-state index contributed by atoms with van der Waals surface area (Å²) in [6.45, 7) is 2.36. The van der Waals surface area contributed by atoms with Crippen molar-refractivity contribution in [2.24, 2.45) is 0 Å². The first-order valence-electron chi connectivity index (χ1n) is 13.1. The van der Waals surface area contributed by atoms with Gasteiger partial charge in [0.1, 0.15) is 0 Å². The minimum absolute atomic E-state index is 0.130. The Hall–Kier alpha value is -1.73. The average Bonchev–Trinajstić information content (AvgIpc) is 2.79. The van der Waals surface area contributed by atoms with Crippen LogP contribution in [0.15, 0.2) is 18.2 Å². The van der Waals surface area contributed by atoms with Gasteiger partial charge in [0.2, 0.25) is 0 Å². The number of hydrogen-bond donors (Lipinski definition) is 1. The lowest BCUT2D eigenvalue weighted by Crippen LogP contribution is -2.27. The van der Waals surface area contributed by atoms with Crippen molar-refractivity contribution < 1.29 is 31.1 Å². The molecule has 0 saturated carbocycles. The van der Waals surface area contributed by atoms with E-state index in [4.69, 9.17) is 0 Å². The second kappa shape index (κ2) is 16.9. The van der Waals surface area contributed by atoms with Crippen LogP contribution >= 0.6 is 0 Å². The van der Waals surface area contributed by atoms with Gasteiger partial charge in [-0.1, -0.05) is 103 Å². The van der Waals surface area contributed by atoms with Crippen LogP contribution < -0.4 is 5.32 Å². The number of hydrogen-bond acceptors (Lipinski definition) is 1. The second-order valence-electron chi connectivity index (χ2n) is 9.32. The fourth-order valence-electron chi connectivity index (χ4n) is 4.13. The topological polar surface area (TPSA) is 29.1 Å². The zero-order chi connectivity index (χ0) is 26.2. The first kappa shape index (κ1) is 31.3. The third kappa shape index (κ3) is 13.8. The maximum absolute atomic E-state index is 13.1. The molecule has 0 fully saturated rings. The van der Waals surface area contributed by atoms with Gasteiger partial charge in [0.05, 0.1) is 16.7 Å². The smallest absolute Gasteiger partial charge is 0.352 e. The molecule has 1 amide bonds. The number of carbonyl (C=O) groups excluding carboxylic acids is 1. The molecule has 35 heavy (non-hydrogen) atoms. The van der Waals surface area contributed by atoms with Crippen LogP contribution in [0.5, 0.6) is 0 Å². The van der Waals surface area contributed by atoms with E-state index in [-0.39, 0.29) is 12.6 Å². The number of alkyl halides is 6. The summed E-state index contributed by atoms with van der Waals surface area (Å²) in [6, 6.07) is 0.924. The minimum atomic E-state index is -4.91. The number of halogens is 6. The Morgan fingerprint density at radius 1 is 0.657 bits per heavy atom. The van der Waals surface area contributed by atoms with Crippen molar-refractivity contribution in [3.8, 4) is 0 Å². The average molecular weight is 510 g/mol. The van der Waals surface area contributed by atoms with Gasteiger partial charge in [-0.15, -0.1) is 0 Å². The first-order valence-corrected chi connectivity index (χ1v) is 13.1. The quantitative estimate of drug-likeness (QED) is 0.155. The zero-order valence-electron chi connectivity index (χ0n) is 20.9. The summed E-state index contributed by atoms with van der Waals surface area (Å²) in [6.07, 6.45) is 9.19. The molecule has 0 aliphatic rings. The summed E-state index contributed by atoms with van der Waals surface area (Å²) >= 11 is 0. The Balaban J connectivity index is 2.15. The number of nitrogens with one attached hydrogen (secondary N) is 1. The summed E-state index contributed by atoms with van der Waals surface area (Å²) in [4.78, 5) is 12.2. The number of amides is 1. The highest BCUT2D eigenvalue weighted by Gasteiger charge is 2.38. The molecular formula is C27H41F6NO. The van der Waals surface area contributed by atoms with Crippen LogP contribution in [0.4, 0.5) is 26.3 Å². The van der Waals surface area contributed by atoms with Crippen LogP contribution in [-0.2, 0) is 12.4 Å². The Labute approximate surface area is 206 Å². The van der Waals surface area contributed by atoms with Gasteiger partial charge in [0, 0.05) is 6.54 Å². The molecule has 8 heteroatoms. The van der Waals surface area contributed by atoms with Gasteiger partial charge in [-0.25, -0.2) is 0 Å². The molecule has 0 aromatic heterocycles. The molecule has 0 aliphatic heterocycles. The molecule has 1 N–H and O–H groups in total. The fourth-order valence-corrected chi connectivity index (χ4v) is 4.13. The molecule has 0 heterocycles. The lowest BCUT2D eigenvalue weighted by atomic mass is 10.0. The van der Waals surface area contributed by atoms with Crippen LogP contribution in [0, 0.1) is 0 Å². The van der Waals surface area contributed by atoms with E-state index >= 15 is 0 Å². The van der Waals surface area contributed by atoms with Crippen molar-refractivity contribution in [1.82, 2.24) is 5.32 Å². The molecular weight excluding hydrogens is 468 g/mol. The molecule has 1 aromatic carbocycles. The van der Waals surface area contributed by atoms with Crippen LogP contribution in [0.25, 0.3) is 0 Å².